The third kappa shape index (κ3) is 4.61. The molecule has 0 saturated heterocycles. The van der Waals surface area contributed by atoms with E-state index in [1.165, 1.54) is 6.20 Å². The van der Waals surface area contributed by atoms with E-state index in [1.54, 1.807) is 36.2 Å². The summed E-state index contributed by atoms with van der Waals surface area (Å²) in [5.74, 6) is -0.957. The summed E-state index contributed by atoms with van der Waals surface area (Å²) in [7, 11) is 0. The number of benzene rings is 1. The van der Waals surface area contributed by atoms with E-state index >= 15 is 0 Å². The Labute approximate surface area is 126 Å². The van der Waals surface area contributed by atoms with Gasteiger partial charge < -0.3 is 10.1 Å². The summed E-state index contributed by atoms with van der Waals surface area (Å²) in [6, 6.07) is 10.6. The quantitative estimate of drug-likeness (QED) is 0.679. The predicted molar refractivity (Wildman–Crippen MR) is 81.4 cm³/mol. The van der Waals surface area contributed by atoms with Crippen molar-refractivity contribution in [1.29, 1.82) is 0 Å². The maximum Gasteiger partial charge on any atom is 0.340 e. The Morgan fingerprint density at radius 2 is 2.14 bits per heavy atom. The number of hydrogen-bond acceptors (Lipinski definition) is 5. The summed E-state index contributed by atoms with van der Waals surface area (Å²) in [5.41, 5.74) is 0.985. The lowest BCUT2D eigenvalue weighted by atomic mass is 10.3. The number of anilines is 1. The van der Waals surface area contributed by atoms with E-state index in [1.807, 2.05) is 24.5 Å². The number of ether oxygens (including phenoxy) is 1. The second-order valence-electron chi connectivity index (χ2n) is 4.10. The van der Waals surface area contributed by atoms with Gasteiger partial charge in [-0.1, -0.05) is 6.07 Å². The van der Waals surface area contributed by atoms with Crippen molar-refractivity contribution in [2.75, 3.05) is 18.2 Å². The van der Waals surface area contributed by atoms with Crippen LogP contribution in [-0.2, 0) is 9.53 Å². The number of carbonyl (C=O) groups is 2. The second-order valence-corrected chi connectivity index (χ2v) is 4.98. The Morgan fingerprint density at radius 1 is 1.29 bits per heavy atom. The number of nitrogens with zero attached hydrogens (tertiary/aromatic N) is 1. The van der Waals surface area contributed by atoms with Gasteiger partial charge in [-0.05, 0) is 36.6 Å². The van der Waals surface area contributed by atoms with Crippen LogP contribution in [0.5, 0.6) is 0 Å². The molecule has 0 radical (unpaired) electrons. The molecule has 1 aromatic heterocycles. The van der Waals surface area contributed by atoms with Crippen molar-refractivity contribution < 1.29 is 14.3 Å². The van der Waals surface area contributed by atoms with E-state index in [2.05, 4.69) is 10.3 Å². The lowest BCUT2D eigenvalue weighted by molar-refractivity contribution is -0.119. The van der Waals surface area contributed by atoms with Gasteiger partial charge in [-0.2, -0.15) is 0 Å². The van der Waals surface area contributed by atoms with Crippen LogP contribution in [0, 0.1) is 0 Å². The molecule has 0 fully saturated rings. The van der Waals surface area contributed by atoms with Crippen LogP contribution in [0.15, 0.2) is 53.7 Å². The largest absolute Gasteiger partial charge is 0.452 e. The summed E-state index contributed by atoms with van der Waals surface area (Å²) in [4.78, 5) is 28.3. The Hall–Kier alpha value is -2.34. The summed E-state index contributed by atoms with van der Waals surface area (Å²) >= 11 is 1.58. The van der Waals surface area contributed by atoms with Crippen molar-refractivity contribution in [3.63, 3.8) is 0 Å². The number of hydrogen-bond donors (Lipinski definition) is 1. The number of pyridine rings is 1. The van der Waals surface area contributed by atoms with Crippen LogP contribution >= 0.6 is 11.8 Å². The third-order valence-corrected chi connectivity index (χ3v) is 3.31. The molecule has 0 spiro atoms. The van der Waals surface area contributed by atoms with Gasteiger partial charge in [0, 0.05) is 23.0 Å². The molecular formula is C15H14N2O3S. The van der Waals surface area contributed by atoms with E-state index in [0.717, 1.165) is 4.90 Å². The third-order valence-electron chi connectivity index (χ3n) is 2.59. The second kappa shape index (κ2) is 7.44. The van der Waals surface area contributed by atoms with Crippen LogP contribution < -0.4 is 5.32 Å². The van der Waals surface area contributed by atoms with Crippen molar-refractivity contribution in [1.82, 2.24) is 4.98 Å². The molecule has 1 amide bonds. The van der Waals surface area contributed by atoms with Crippen LogP contribution in [0.3, 0.4) is 0 Å². The summed E-state index contributed by atoms with van der Waals surface area (Å²) in [6.45, 7) is -0.336. The van der Waals surface area contributed by atoms with Crippen molar-refractivity contribution in [2.24, 2.45) is 0 Å². The number of aromatic nitrogens is 1. The minimum atomic E-state index is -0.573. The molecule has 0 unspecified atom stereocenters. The fourth-order valence-electron chi connectivity index (χ4n) is 1.60. The van der Waals surface area contributed by atoms with Crippen molar-refractivity contribution in [3.8, 4) is 0 Å². The van der Waals surface area contributed by atoms with Gasteiger partial charge in [0.05, 0.1) is 5.56 Å². The van der Waals surface area contributed by atoms with Gasteiger partial charge in [0.2, 0.25) is 0 Å². The Morgan fingerprint density at radius 3 is 2.86 bits per heavy atom. The van der Waals surface area contributed by atoms with Crippen LogP contribution in [0.4, 0.5) is 5.69 Å². The van der Waals surface area contributed by atoms with E-state index in [-0.39, 0.29) is 12.5 Å². The molecule has 0 bridgehead atoms. The fourth-order valence-corrected chi connectivity index (χ4v) is 2.06. The molecule has 21 heavy (non-hydrogen) atoms. The Kier molecular flexibility index (Phi) is 5.34. The monoisotopic (exact) mass is 302 g/mol. The summed E-state index contributed by atoms with van der Waals surface area (Å²) in [6.07, 6.45) is 4.90. The molecule has 0 atom stereocenters. The van der Waals surface area contributed by atoms with E-state index in [4.69, 9.17) is 4.74 Å². The molecule has 0 saturated carbocycles. The molecule has 0 aliphatic rings. The molecule has 0 aliphatic heterocycles. The minimum absolute atomic E-state index is 0.315. The minimum Gasteiger partial charge on any atom is -0.452 e. The van der Waals surface area contributed by atoms with Gasteiger partial charge in [0.1, 0.15) is 0 Å². The number of nitrogens with one attached hydrogen (secondary N) is 1. The predicted octanol–water partition coefficient (Wildman–Crippen LogP) is 2.60. The average molecular weight is 302 g/mol. The van der Waals surface area contributed by atoms with Gasteiger partial charge in [0.15, 0.2) is 6.61 Å². The topological polar surface area (TPSA) is 68.3 Å². The van der Waals surface area contributed by atoms with Crippen molar-refractivity contribution in [2.45, 2.75) is 4.90 Å². The molecule has 108 valence electrons. The molecule has 1 heterocycles. The molecule has 1 aromatic carbocycles. The van der Waals surface area contributed by atoms with Crippen LogP contribution in [-0.4, -0.2) is 29.7 Å². The lowest BCUT2D eigenvalue weighted by Crippen LogP contribution is -2.20. The molecule has 1 N–H and O–H groups in total. The first kappa shape index (κ1) is 15.1. The first-order chi connectivity index (χ1) is 10.2. The SMILES string of the molecule is CSc1cccc(NC(=O)COC(=O)c2cccnc2)c1. The standard InChI is InChI=1S/C15H14N2O3S/c1-21-13-6-2-5-12(8-13)17-14(18)10-20-15(19)11-4-3-7-16-9-11/h2-9H,10H2,1H3,(H,17,18). The normalized spacial score (nSPS) is 9.95. The van der Waals surface area contributed by atoms with Crippen molar-refractivity contribution >= 4 is 29.3 Å². The first-order valence-electron chi connectivity index (χ1n) is 6.20. The van der Waals surface area contributed by atoms with Crippen LogP contribution in [0.25, 0.3) is 0 Å². The van der Waals surface area contributed by atoms with Crippen LogP contribution in [0.2, 0.25) is 0 Å². The van der Waals surface area contributed by atoms with E-state index < -0.39 is 5.97 Å². The lowest BCUT2D eigenvalue weighted by Gasteiger charge is -2.07. The molecule has 5 nitrogen and oxygen atoms in total. The number of carbonyl (C=O) groups excluding carboxylic acids is 2. The highest BCUT2D eigenvalue weighted by atomic mass is 32.2. The zero-order chi connectivity index (χ0) is 15.1. The number of thioether (sulfide) groups is 1. The highest BCUT2D eigenvalue weighted by Gasteiger charge is 2.10. The molecular weight excluding hydrogens is 288 g/mol. The van der Waals surface area contributed by atoms with Gasteiger partial charge in [0.25, 0.3) is 5.91 Å². The molecule has 6 heteroatoms. The van der Waals surface area contributed by atoms with Gasteiger partial charge in [-0.3, -0.25) is 9.78 Å². The number of esters is 1. The van der Waals surface area contributed by atoms with E-state index in [9.17, 15) is 9.59 Å². The maximum absolute atomic E-state index is 11.7. The highest BCUT2D eigenvalue weighted by molar-refractivity contribution is 7.98. The maximum atomic E-state index is 11.7. The molecule has 2 rings (SSSR count). The van der Waals surface area contributed by atoms with E-state index in [0.29, 0.717) is 11.3 Å². The number of rotatable bonds is 5. The van der Waals surface area contributed by atoms with Gasteiger partial charge >= 0.3 is 5.97 Å². The summed E-state index contributed by atoms with van der Waals surface area (Å²) < 4.78 is 4.92. The Bertz CT molecular complexity index is 632. The zero-order valence-electron chi connectivity index (χ0n) is 11.4. The zero-order valence-corrected chi connectivity index (χ0v) is 12.2. The van der Waals surface area contributed by atoms with Gasteiger partial charge in [-0.15, -0.1) is 11.8 Å². The first-order valence-corrected chi connectivity index (χ1v) is 7.42. The smallest absolute Gasteiger partial charge is 0.340 e. The fraction of sp³-hybridized carbons (Fsp3) is 0.133. The highest BCUT2D eigenvalue weighted by Crippen LogP contribution is 2.18. The molecule has 2 aromatic rings. The van der Waals surface area contributed by atoms with Gasteiger partial charge in [-0.25, -0.2) is 4.79 Å². The van der Waals surface area contributed by atoms with Crippen LogP contribution in [0.1, 0.15) is 10.4 Å². The summed E-state index contributed by atoms with van der Waals surface area (Å²) in [5, 5.41) is 2.68. The van der Waals surface area contributed by atoms with Crippen molar-refractivity contribution in [3.05, 3.63) is 54.4 Å². The Balaban J connectivity index is 1.86. The number of amides is 1. The molecule has 0 aliphatic carbocycles. The average Bonchev–Trinajstić information content (AvgIpc) is 2.53.